The zero-order chi connectivity index (χ0) is 17.1. The van der Waals surface area contributed by atoms with Crippen LogP contribution in [0.1, 0.15) is 10.5 Å². The maximum Gasteiger partial charge on any atom is 0.280 e. The Hall–Kier alpha value is -2.51. The molecule has 3 N–H and O–H groups in total. The maximum absolute atomic E-state index is 12.4. The number of nitrogens with two attached hydrogens (primary N) is 1. The summed E-state index contributed by atoms with van der Waals surface area (Å²) >= 11 is 7.49. The van der Waals surface area contributed by atoms with Crippen molar-refractivity contribution in [3.63, 3.8) is 0 Å². The quantitative estimate of drug-likeness (QED) is 0.696. The topological polar surface area (TPSA) is 85.8 Å². The fraction of sp³-hybridized carbons (Fsp3) is 0.0625. The van der Waals surface area contributed by atoms with Crippen LogP contribution in [0.3, 0.4) is 0 Å². The van der Waals surface area contributed by atoms with Gasteiger partial charge in [0, 0.05) is 15.6 Å². The number of thioether (sulfide) groups is 1. The highest BCUT2D eigenvalue weighted by molar-refractivity contribution is 7.98. The standard InChI is InChI=1S/C16H14ClN5OS/c1-24-13-8-4-11(5-9-13)19-16(23)14-15(18)22(21-20-14)12-6-2-10(17)3-7-12/h2-9H,18H2,1H3,(H,19,23). The van der Waals surface area contributed by atoms with Gasteiger partial charge in [-0.15, -0.1) is 16.9 Å². The van der Waals surface area contributed by atoms with Crippen LogP contribution in [0, 0.1) is 0 Å². The summed E-state index contributed by atoms with van der Waals surface area (Å²) in [7, 11) is 0. The Morgan fingerprint density at radius 1 is 1.17 bits per heavy atom. The van der Waals surface area contributed by atoms with E-state index in [-0.39, 0.29) is 11.5 Å². The summed E-state index contributed by atoms with van der Waals surface area (Å²) in [6, 6.07) is 14.4. The Balaban J connectivity index is 1.81. The van der Waals surface area contributed by atoms with Crippen LogP contribution in [-0.2, 0) is 0 Å². The van der Waals surface area contributed by atoms with Gasteiger partial charge in [0.25, 0.3) is 5.91 Å². The van der Waals surface area contributed by atoms with E-state index in [4.69, 9.17) is 17.3 Å². The number of hydrogen-bond donors (Lipinski definition) is 2. The second-order valence-electron chi connectivity index (χ2n) is 4.89. The first-order chi connectivity index (χ1) is 11.6. The second-order valence-corrected chi connectivity index (χ2v) is 6.21. The van der Waals surface area contributed by atoms with Gasteiger partial charge in [-0.2, -0.15) is 4.68 Å². The molecule has 3 aromatic rings. The summed E-state index contributed by atoms with van der Waals surface area (Å²) in [5.41, 5.74) is 7.42. The molecule has 8 heteroatoms. The molecule has 0 fully saturated rings. The van der Waals surface area contributed by atoms with Gasteiger partial charge in [-0.3, -0.25) is 4.79 Å². The number of nitrogens with one attached hydrogen (secondary N) is 1. The van der Waals surface area contributed by atoms with Gasteiger partial charge in [0.1, 0.15) is 0 Å². The minimum Gasteiger partial charge on any atom is -0.382 e. The Kier molecular flexibility index (Phi) is 4.73. The van der Waals surface area contributed by atoms with Gasteiger partial charge in [-0.25, -0.2) is 0 Å². The van der Waals surface area contributed by atoms with Gasteiger partial charge in [0.05, 0.1) is 5.69 Å². The van der Waals surface area contributed by atoms with Crippen molar-refractivity contribution in [2.24, 2.45) is 0 Å². The summed E-state index contributed by atoms with van der Waals surface area (Å²) in [6.45, 7) is 0. The van der Waals surface area contributed by atoms with Crippen molar-refractivity contribution in [1.82, 2.24) is 15.0 Å². The second kappa shape index (κ2) is 6.94. The predicted octanol–water partition coefficient (Wildman–Crippen LogP) is 3.48. The molecule has 122 valence electrons. The van der Waals surface area contributed by atoms with Crippen LogP contribution in [0.5, 0.6) is 0 Å². The van der Waals surface area contributed by atoms with Crippen LogP contribution < -0.4 is 11.1 Å². The number of benzene rings is 2. The summed E-state index contributed by atoms with van der Waals surface area (Å²) in [5.74, 6) is -0.250. The number of carbonyl (C=O) groups excluding carboxylic acids is 1. The molecule has 0 aliphatic heterocycles. The van der Waals surface area contributed by atoms with Gasteiger partial charge >= 0.3 is 0 Å². The smallest absolute Gasteiger partial charge is 0.280 e. The van der Waals surface area contributed by atoms with Gasteiger partial charge in [-0.05, 0) is 54.8 Å². The number of amides is 1. The van der Waals surface area contributed by atoms with Crippen molar-refractivity contribution in [3.8, 4) is 5.69 Å². The molecule has 0 unspecified atom stereocenters. The van der Waals surface area contributed by atoms with Gasteiger partial charge in [-0.1, -0.05) is 16.8 Å². The molecule has 24 heavy (non-hydrogen) atoms. The number of anilines is 2. The largest absolute Gasteiger partial charge is 0.382 e. The summed E-state index contributed by atoms with van der Waals surface area (Å²) < 4.78 is 1.39. The van der Waals surface area contributed by atoms with Gasteiger partial charge in [0.2, 0.25) is 0 Å². The van der Waals surface area contributed by atoms with Crippen molar-refractivity contribution in [1.29, 1.82) is 0 Å². The van der Waals surface area contributed by atoms with E-state index >= 15 is 0 Å². The molecule has 0 bridgehead atoms. The van der Waals surface area contributed by atoms with Crippen molar-refractivity contribution >= 4 is 40.8 Å². The number of carbonyl (C=O) groups is 1. The van der Waals surface area contributed by atoms with Crippen LogP contribution in [0.2, 0.25) is 5.02 Å². The molecule has 6 nitrogen and oxygen atoms in total. The normalized spacial score (nSPS) is 10.6. The minimum absolute atomic E-state index is 0.0684. The summed E-state index contributed by atoms with van der Waals surface area (Å²) in [4.78, 5) is 13.5. The Bertz CT molecular complexity index is 861. The lowest BCUT2D eigenvalue weighted by molar-refractivity contribution is 0.102. The third-order valence-corrected chi connectivity index (χ3v) is 4.33. The highest BCUT2D eigenvalue weighted by atomic mass is 35.5. The Labute approximate surface area is 148 Å². The first-order valence-corrected chi connectivity index (χ1v) is 8.61. The average Bonchev–Trinajstić information content (AvgIpc) is 2.98. The minimum atomic E-state index is -0.412. The lowest BCUT2D eigenvalue weighted by Gasteiger charge is -2.05. The number of nitrogen functional groups attached to an aromatic ring is 1. The monoisotopic (exact) mass is 359 g/mol. The van der Waals surface area contributed by atoms with E-state index in [0.29, 0.717) is 16.4 Å². The Morgan fingerprint density at radius 2 is 1.83 bits per heavy atom. The zero-order valence-electron chi connectivity index (χ0n) is 12.7. The maximum atomic E-state index is 12.4. The number of hydrogen-bond acceptors (Lipinski definition) is 5. The van der Waals surface area contributed by atoms with E-state index < -0.39 is 5.91 Å². The first kappa shape index (κ1) is 16.4. The molecule has 1 amide bonds. The number of aromatic nitrogens is 3. The van der Waals surface area contributed by atoms with E-state index in [1.165, 1.54) is 4.68 Å². The molecule has 0 radical (unpaired) electrons. The average molecular weight is 360 g/mol. The first-order valence-electron chi connectivity index (χ1n) is 7.01. The van der Waals surface area contributed by atoms with E-state index in [1.807, 2.05) is 30.5 Å². The van der Waals surface area contributed by atoms with Crippen LogP contribution >= 0.6 is 23.4 Å². The molecule has 1 aromatic heterocycles. The van der Waals surface area contributed by atoms with E-state index in [9.17, 15) is 4.79 Å². The molecule has 1 heterocycles. The molecule has 3 rings (SSSR count). The zero-order valence-corrected chi connectivity index (χ0v) is 14.3. The van der Waals surface area contributed by atoms with Crippen LogP contribution in [0.4, 0.5) is 11.5 Å². The van der Waals surface area contributed by atoms with Crippen molar-refractivity contribution in [3.05, 3.63) is 59.2 Å². The molecule has 0 aliphatic carbocycles. The van der Waals surface area contributed by atoms with E-state index in [1.54, 1.807) is 36.0 Å². The fourth-order valence-corrected chi connectivity index (χ4v) is 2.62. The SMILES string of the molecule is CSc1ccc(NC(=O)c2nnn(-c3ccc(Cl)cc3)c2N)cc1. The number of nitrogens with zero attached hydrogens (tertiary/aromatic N) is 3. The van der Waals surface area contributed by atoms with Crippen LogP contribution in [0.25, 0.3) is 5.69 Å². The van der Waals surface area contributed by atoms with Crippen molar-refractivity contribution in [2.45, 2.75) is 4.90 Å². The fourth-order valence-electron chi connectivity index (χ4n) is 2.09. The lowest BCUT2D eigenvalue weighted by Crippen LogP contribution is -2.15. The van der Waals surface area contributed by atoms with Gasteiger partial charge in [0.15, 0.2) is 11.5 Å². The lowest BCUT2D eigenvalue weighted by atomic mass is 10.3. The number of rotatable bonds is 4. The summed E-state index contributed by atoms with van der Waals surface area (Å²) in [5, 5.41) is 11.2. The molecule has 0 saturated heterocycles. The van der Waals surface area contributed by atoms with Crippen molar-refractivity contribution in [2.75, 3.05) is 17.3 Å². The number of halogens is 1. The van der Waals surface area contributed by atoms with E-state index in [0.717, 1.165) is 4.90 Å². The molecule has 2 aromatic carbocycles. The molecule has 0 atom stereocenters. The predicted molar refractivity (Wildman–Crippen MR) is 97.0 cm³/mol. The van der Waals surface area contributed by atoms with Gasteiger partial charge < -0.3 is 11.1 Å². The van der Waals surface area contributed by atoms with E-state index in [2.05, 4.69) is 15.6 Å². The molecule has 0 aliphatic rings. The molecular formula is C16H14ClN5OS. The van der Waals surface area contributed by atoms with Crippen LogP contribution in [0.15, 0.2) is 53.4 Å². The van der Waals surface area contributed by atoms with Crippen LogP contribution in [-0.4, -0.2) is 27.2 Å². The highest BCUT2D eigenvalue weighted by Gasteiger charge is 2.18. The molecule has 0 spiro atoms. The Morgan fingerprint density at radius 3 is 2.46 bits per heavy atom. The third kappa shape index (κ3) is 3.37. The van der Waals surface area contributed by atoms with Crippen molar-refractivity contribution < 1.29 is 4.79 Å². The highest BCUT2D eigenvalue weighted by Crippen LogP contribution is 2.20. The molecular weight excluding hydrogens is 346 g/mol. The summed E-state index contributed by atoms with van der Waals surface area (Å²) in [6.07, 6.45) is 1.99. The third-order valence-electron chi connectivity index (χ3n) is 3.34. The molecule has 0 saturated carbocycles.